The minimum atomic E-state index is 0.296. The number of imidazole rings is 1. The molecule has 2 aromatic heterocycles. The van der Waals surface area contributed by atoms with Crippen molar-refractivity contribution < 1.29 is 4.74 Å². The lowest BCUT2D eigenvalue weighted by atomic mass is 10.0. The molecule has 2 atom stereocenters. The summed E-state index contributed by atoms with van der Waals surface area (Å²) in [6, 6.07) is 8.21. The fourth-order valence-corrected chi connectivity index (χ4v) is 3.49. The van der Waals surface area contributed by atoms with Gasteiger partial charge in [-0.2, -0.15) is 0 Å². The molecular formula is C16H17N3OS. The molecule has 2 unspecified atom stereocenters. The fourth-order valence-electron chi connectivity index (χ4n) is 3.22. The summed E-state index contributed by atoms with van der Waals surface area (Å²) in [5.41, 5.74) is 3.17. The minimum Gasteiger partial charge on any atom is -0.378 e. The second-order valence-corrected chi connectivity index (χ2v) is 6.09. The fraction of sp³-hybridized carbons (Fsp3) is 0.375. The number of benzene rings is 1. The Morgan fingerprint density at radius 1 is 1.43 bits per heavy atom. The van der Waals surface area contributed by atoms with E-state index < -0.39 is 0 Å². The smallest absolute Gasteiger partial charge is 0.178 e. The first-order valence-corrected chi connectivity index (χ1v) is 7.73. The molecule has 1 aromatic carbocycles. The molecule has 3 aromatic rings. The summed E-state index contributed by atoms with van der Waals surface area (Å²) in [4.78, 5) is 7.78. The van der Waals surface area contributed by atoms with E-state index in [0.717, 1.165) is 46.3 Å². The molecule has 1 aliphatic rings. The standard InChI is InChI=1S/C16H17N3OS/c1-10-11(6-7-20-10)9-19-15-12-4-2-3-5-13(12)17-8-14(15)18-16(19)21/h2-5,8,10-11H,6-7,9H2,1H3,(H,18,21). The van der Waals surface area contributed by atoms with Crippen molar-refractivity contribution in [2.24, 2.45) is 5.92 Å². The van der Waals surface area contributed by atoms with Crippen LogP contribution in [0.5, 0.6) is 0 Å². The molecule has 1 saturated heterocycles. The third kappa shape index (κ3) is 2.08. The third-order valence-electron chi connectivity index (χ3n) is 4.45. The lowest BCUT2D eigenvalue weighted by Gasteiger charge is -2.15. The molecule has 0 aliphatic carbocycles. The molecule has 21 heavy (non-hydrogen) atoms. The average molecular weight is 299 g/mol. The van der Waals surface area contributed by atoms with Crippen LogP contribution in [0.2, 0.25) is 0 Å². The zero-order valence-electron chi connectivity index (χ0n) is 11.9. The molecule has 4 rings (SSSR count). The van der Waals surface area contributed by atoms with Crippen LogP contribution in [0.4, 0.5) is 0 Å². The van der Waals surface area contributed by atoms with Crippen molar-refractivity contribution in [2.45, 2.75) is 26.0 Å². The van der Waals surface area contributed by atoms with Crippen LogP contribution in [0.25, 0.3) is 21.9 Å². The first-order valence-electron chi connectivity index (χ1n) is 7.32. The predicted octanol–water partition coefficient (Wildman–Crippen LogP) is 3.67. The Balaban J connectivity index is 1.93. The summed E-state index contributed by atoms with van der Waals surface area (Å²) in [5, 5.41) is 1.15. The van der Waals surface area contributed by atoms with Crippen LogP contribution in [0, 0.1) is 10.7 Å². The number of aromatic amines is 1. The molecule has 1 fully saturated rings. The van der Waals surface area contributed by atoms with Gasteiger partial charge in [-0.15, -0.1) is 0 Å². The molecule has 3 heterocycles. The largest absolute Gasteiger partial charge is 0.378 e. The summed E-state index contributed by atoms with van der Waals surface area (Å²) < 4.78 is 8.66. The molecule has 0 bridgehead atoms. The zero-order chi connectivity index (χ0) is 14.4. The first kappa shape index (κ1) is 13.0. The monoisotopic (exact) mass is 299 g/mol. The first-order chi connectivity index (χ1) is 10.2. The maximum atomic E-state index is 5.68. The van der Waals surface area contributed by atoms with Gasteiger partial charge < -0.3 is 14.3 Å². The van der Waals surface area contributed by atoms with Crippen LogP contribution in [-0.2, 0) is 11.3 Å². The number of hydrogen-bond acceptors (Lipinski definition) is 3. The number of pyridine rings is 1. The molecule has 108 valence electrons. The predicted molar refractivity (Wildman–Crippen MR) is 85.9 cm³/mol. The highest BCUT2D eigenvalue weighted by atomic mass is 32.1. The molecule has 0 amide bonds. The molecule has 0 saturated carbocycles. The quantitative estimate of drug-likeness (QED) is 0.734. The van der Waals surface area contributed by atoms with Crippen LogP contribution < -0.4 is 0 Å². The highest BCUT2D eigenvalue weighted by Gasteiger charge is 2.25. The highest BCUT2D eigenvalue weighted by Crippen LogP contribution is 2.27. The van der Waals surface area contributed by atoms with Crippen molar-refractivity contribution >= 4 is 34.2 Å². The van der Waals surface area contributed by atoms with E-state index in [1.165, 1.54) is 0 Å². The van der Waals surface area contributed by atoms with Crippen LogP contribution in [-0.4, -0.2) is 27.2 Å². The van der Waals surface area contributed by atoms with E-state index in [-0.39, 0.29) is 0 Å². The molecule has 1 N–H and O–H groups in total. The molecule has 5 heteroatoms. The lowest BCUT2D eigenvalue weighted by molar-refractivity contribution is 0.102. The van der Waals surface area contributed by atoms with Gasteiger partial charge >= 0.3 is 0 Å². The van der Waals surface area contributed by atoms with Crippen LogP contribution in [0.15, 0.2) is 30.5 Å². The van der Waals surface area contributed by atoms with Gasteiger partial charge in [0.2, 0.25) is 0 Å². The second-order valence-electron chi connectivity index (χ2n) is 5.70. The van der Waals surface area contributed by atoms with Crippen molar-refractivity contribution in [1.29, 1.82) is 0 Å². The van der Waals surface area contributed by atoms with Gasteiger partial charge in [0.1, 0.15) is 0 Å². The Bertz CT molecular complexity index is 867. The Hall–Kier alpha value is -1.72. The van der Waals surface area contributed by atoms with Gasteiger partial charge in [-0.1, -0.05) is 18.2 Å². The maximum absolute atomic E-state index is 5.68. The van der Waals surface area contributed by atoms with Gasteiger partial charge in [0.15, 0.2) is 4.77 Å². The average Bonchev–Trinajstić information content (AvgIpc) is 3.04. The van der Waals surface area contributed by atoms with Crippen molar-refractivity contribution in [1.82, 2.24) is 14.5 Å². The summed E-state index contributed by atoms with van der Waals surface area (Å²) in [5.74, 6) is 0.516. The molecule has 1 aliphatic heterocycles. The second kappa shape index (κ2) is 4.93. The van der Waals surface area contributed by atoms with Gasteiger partial charge in [-0.25, -0.2) is 0 Å². The van der Waals surface area contributed by atoms with Crippen LogP contribution in [0.3, 0.4) is 0 Å². The number of aromatic nitrogens is 3. The van der Waals surface area contributed by atoms with Crippen molar-refractivity contribution in [3.05, 3.63) is 35.2 Å². The number of H-pyrrole nitrogens is 1. The lowest BCUT2D eigenvalue weighted by Crippen LogP contribution is -2.18. The van der Waals surface area contributed by atoms with Gasteiger partial charge in [-0.05, 0) is 31.6 Å². The van der Waals surface area contributed by atoms with E-state index in [1.807, 2.05) is 24.4 Å². The number of nitrogens with zero attached hydrogens (tertiary/aromatic N) is 2. The Morgan fingerprint density at radius 3 is 3.10 bits per heavy atom. The van der Waals surface area contributed by atoms with Gasteiger partial charge in [0.05, 0.1) is 28.9 Å². The summed E-state index contributed by atoms with van der Waals surface area (Å²) in [6.07, 6.45) is 3.27. The Labute approximate surface area is 127 Å². The van der Waals surface area contributed by atoms with Crippen molar-refractivity contribution in [3.63, 3.8) is 0 Å². The summed E-state index contributed by atoms with van der Waals surface area (Å²) in [6.45, 7) is 3.90. The SMILES string of the molecule is CC1OCCC1Cn1c(=S)[nH]c2cnc3ccccc3c21. The highest BCUT2D eigenvalue weighted by molar-refractivity contribution is 7.71. The van der Waals surface area contributed by atoms with E-state index >= 15 is 0 Å². The van der Waals surface area contributed by atoms with Crippen LogP contribution in [0.1, 0.15) is 13.3 Å². The molecule has 4 nitrogen and oxygen atoms in total. The number of para-hydroxylation sites is 1. The van der Waals surface area contributed by atoms with E-state index in [9.17, 15) is 0 Å². The maximum Gasteiger partial charge on any atom is 0.178 e. The Morgan fingerprint density at radius 2 is 2.29 bits per heavy atom. The Kier molecular flexibility index (Phi) is 3.05. The number of hydrogen-bond donors (Lipinski definition) is 1. The number of rotatable bonds is 2. The molecular weight excluding hydrogens is 282 g/mol. The van der Waals surface area contributed by atoms with Crippen molar-refractivity contribution in [2.75, 3.05) is 6.61 Å². The van der Waals surface area contributed by atoms with Crippen LogP contribution >= 0.6 is 12.2 Å². The topological polar surface area (TPSA) is 42.8 Å². The molecule has 0 radical (unpaired) electrons. The third-order valence-corrected chi connectivity index (χ3v) is 4.78. The van der Waals surface area contributed by atoms with Gasteiger partial charge in [-0.3, -0.25) is 4.98 Å². The van der Waals surface area contributed by atoms with E-state index in [0.29, 0.717) is 12.0 Å². The summed E-state index contributed by atoms with van der Waals surface area (Å²) in [7, 11) is 0. The van der Waals surface area contributed by atoms with Gasteiger partial charge in [0, 0.05) is 24.5 Å². The van der Waals surface area contributed by atoms with Gasteiger partial charge in [0.25, 0.3) is 0 Å². The normalized spacial score (nSPS) is 22.3. The van der Waals surface area contributed by atoms with E-state index in [2.05, 4.69) is 27.5 Å². The molecule has 0 spiro atoms. The zero-order valence-corrected chi connectivity index (χ0v) is 12.7. The van der Waals surface area contributed by atoms with Crippen molar-refractivity contribution in [3.8, 4) is 0 Å². The summed E-state index contributed by atoms with van der Waals surface area (Å²) >= 11 is 5.53. The van der Waals surface area contributed by atoms with E-state index in [1.54, 1.807) is 0 Å². The minimum absolute atomic E-state index is 0.296. The number of fused-ring (bicyclic) bond motifs is 3. The van der Waals surface area contributed by atoms with E-state index in [4.69, 9.17) is 17.0 Å². The number of ether oxygens (including phenoxy) is 1. The number of nitrogens with one attached hydrogen (secondary N) is 1.